The quantitative estimate of drug-likeness (QED) is 0.842. The van der Waals surface area contributed by atoms with E-state index in [4.69, 9.17) is 14.9 Å². The predicted octanol–water partition coefficient (Wildman–Crippen LogP) is 1.82. The number of amides is 1. The highest BCUT2D eigenvalue weighted by Gasteiger charge is 2.14. The van der Waals surface area contributed by atoms with Crippen molar-refractivity contribution in [2.75, 3.05) is 0 Å². The summed E-state index contributed by atoms with van der Waals surface area (Å²) in [5.74, 6) is 1.14. The Morgan fingerprint density at radius 3 is 2.95 bits per heavy atom. The van der Waals surface area contributed by atoms with Crippen LogP contribution in [0.5, 0.6) is 5.75 Å². The van der Waals surface area contributed by atoms with Crippen LogP contribution in [0.2, 0.25) is 0 Å². The molecule has 2 aromatic rings. The standard InChI is InChI=1S/C15H18N2O3/c1-11(15(18)17-10-14-6-3-7-19-14)20-13-5-2-4-12(8-13)9-16/h2-8,11H,9-10,16H2,1H3,(H,17,18). The molecule has 0 spiro atoms. The molecule has 0 aliphatic carbocycles. The maximum Gasteiger partial charge on any atom is 0.261 e. The lowest BCUT2D eigenvalue weighted by Gasteiger charge is -2.14. The van der Waals surface area contributed by atoms with Gasteiger partial charge in [-0.15, -0.1) is 0 Å². The van der Waals surface area contributed by atoms with Crippen LogP contribution >= 0.6 is 0 Å². The average Bonchev–Trinajstić information content (AvgIpc) is 2.98. The number of rotatable bonds is 6. The number of hydrogen-bond donors (Lipinski definition) is 2. The number of ether oxygens (including phenoxy) is 1. The van der Waals surface area contributed by atoms with E-state index in [0.29, 0.717) is 24.6 Å². The van der Waals surface area contributed by atoms with Crippen LogP contribution < -0.4 is 15.8 Å². The highest BCUT2D eigenvalue weighted by molar-refractivity contribution is 5.80. The Labute approximate surface area is 117 Å². The molecule has 0 saturated carbocycles. The second-order valence-electron chi connectivity index (χ2n) is 4.41. The highest BCUT2D eigenvalue weighted by atomic mass is 16.5. The molecule has 5 heteroatoms. The van der Waals surface area contributed by atoms with Crippen LogP contribution in [-0.2, 0) is 17.9 Å². The van der Waals surface area contributed by atoms with Gasteiger partial charge in [-0.1, -0.05) is 12.1 Å². The molecule has 0 radical (unpaired) electrons. The molecule has 3 N–H and O–H groups in total. The van der Waals surface area contributed by atoms with Gasteiger partial charge >= 0.3 is 0 Å². The molecule has 2 rings (SSSR count). The molecule has 0 fully saturated rings. The normalized spacial score (nSPS) is 11.9. The number of hydrogen-bond acceptors (Lipinski definition) is 4. The Morgan fingerprint density at radius 1 is 1.40 bits per heavy atom. The van der Waals surface area contributed by atoms with Crippen molar-refractivity contribution < 1.29 is 13.9 Å². The van der Waals surface area contributed by atoms with Gasteiger partial charge in [0.05, 0.1) is 12.8 Å². The summed E-state index contributed by atoms with van der Waals surface area (Å²) >= 11 is 0. The maximum atomic E-state index is 11.9. The van der Waals surface area contributed by atoms with Gasteiger partial charge < -0.3 is 20.2 Å². The van der Waals surface area contributed by atoms with Crippen LogP contribution in [0.25, 0.3) is 0 Å². The number of nitrogens with two attached hydrogens (primary N) is 1. The average molecular weight is 274 g/mol. The van der Waals surface area contributed by atoms with Crippen LogP contribution in [-0.4, -0.2) is 12.0 Å². The van der Waals surface area contributed by atoms with Gasteiger partial charge in [-0.25, -0.2) is 0 Å². The summed E-state index contributed by atoms with van der Waals surface area (Å²) < 4.78 is 10.7. The molecule has 1 amide bonds. The smallest absolute Gasteiger partial charge is 0.261 e. The molecule has 0 aliphatic rings. The molecule has 20 heavy (non-hydrogen) atoms. The summed E-state index contributed by atoms with van der Waals surface area (Å²) in [6.07, 6.45) is 0.984. The van der Waals surface area contributed by atoms with E-state index in [1.807, 2.05) is 18.2 Å². The van der Waals surface area contributed by atoms with Crippen molar-refractivity contribution in [3.05, 3.63) is 54.0 Å². The first kappa shape index (κ1) is 14.1. The van der Waals surface area contributed by atoms with Crippen molar-refractivity contribution in [1.29, 1.82) is 0 Å². The van der Waals surface area contributed by atoms with E-state index in [2.05, 4.69) is 5.32 Å². The fourth-order valence-electron chi connectivity index (χ4n) is 1.73. The van der Waals surface area contributed by atoms with Gasteiger partial charge in [-0.3, -0.25) is 4.79 Å². The fraction of sp³-hybridized carbons (Fsp3) is 0.267. The Kier molecular flexibility index (Phi) is 4.79. The second-order valence-corrected chi connectivity index (χ2v) is 4.41. The molecule has 0 bridgehead atoms. The Balaban J connectivity index is 1.86. The highest BCUT2D eigenvalue weighted by Crippen LogP contribution is 2.14. The largest absolute Gasteiger partial charge is 0.481 e. The first-order chi connectivity index (χ1) is 9.69. The van der Waals surface area contributed by atoms with Gasteiger partial charge in [0, 0.05) is 6.54 Å². The van der Waals surface area contributed by atoms with E-state index in [9.17, 15) is 4.79 Å². The van der Waals surface area contributed by atoms with Crippen LogP contribution in [0.15, 0.2) is 47.1 Å². The first-order valence-electron chi connectivity index (χ1n) is 6.45. The summed E-state index contributed by atoms with van der Waals surface area (Å²) in [4.78, 5) is 11.9. The summed E-state index contributed by atoms with van der Waals surface area (Å²) in [5, 5.41) is 2.75. The van der Waals surface area contributed by atoms with Crippen LogP contribution in [0.4, 0.5) is 0 Å². The van der Waals surface area contributed by atoms with Crippen molar-refractivity contribution in [3.8, 4) is 5.75 Å². The summed E-state index contributed by atoms with van der Waals surface area (Å²) in [5.41, 5.74) is 6.53. The zero-order chi connectivity index (χ0) is 14.4. The third-order valence-corrected chi connectivity index (χ3v) is 2.83. The Hall–Kier alpha value is -2.27. The molecule has 106 valence electrons. The van der Waals surface area contributed by atoms with E-state index < -0.39 is 6.10 Å². The first-order valence-corrected chi connectivity index (χ1v) is 6.45. The third-order valence-electron chi connectivity index (χ3n) is 2.83. The van der Waals surface area contributed by atoms with Gasteiger partial charge in [0.15, 0.2) is 6.10 Å². The minimum Gasteiger partial charge on any atom is -0.481 e. The summed E-state index contributed by atoms with van der Waals surface area (Å²) in [7, 11) is 0. The Bertz CT molecular complexity index is 552. The SMILES string of the molecule is CC(Oc1cccc(CN)c1)C(=O)NCc1ccco1. The van der Waals surface area contributed by atoms with E-state index in [0.717, 1.165) is 5.56 Å². The topological polar surface area (TPSA) is 77.5 Å². The minimum atomic E-state index is -0.585. The number of carbonyl (C=O) groups is 1. The van der Waals surface area contributed by atoms with Gasteiger partial charge in [-0.2, -0.15) is 0 Å². The monoisotopic (exact) mass is 274 g/mol. The number of benzene rings is 1. The molecule has 1 aromatic carbocycles. The van der Waals surface area contributed by atoms with Gasteiger partial charge in [0.1, 0.15) is 11.5 Å². The van der Waals surface area contributed by atoms with Crippen LogP contribution in [0.3, 0.4) is 0 Å². The molecule has 1 heterocycles. The molecule has 0 saturated heterocycles. The molecule has 1 aromatic heterocycles. The maximum absolute atomic E-state index is 11.9. The van der Waals surface area contributed by atoms with Gasteiger partial charge in [-0.05, 0) is 36.8 Å². The second kappa shape index (κ2) is 6.77. The van der Waals surface area contributed by atoms with E-state index >= 15 is 0 Å². The van der Waals surface area contributed by atoms with Gasteiger partial charge in [0.2, 0.25) is 0 Å². The molecule has 0 aliphatic heterocycles. The number of furan rings is 1. The lowest BCUT2D eigenvalue weighted by molar-refractivity contribution is -0.127. The number of carbonyl (C=O) groups excluding carboxylic acids is 1. The molecular formula is C15H18N2O3. The Morgan fingerprint density at radius 2 is 2.25 bits per heavy atom. The van der Waals surface area contributed by atoms with E-state index in [1.165, 1.54) is 0 Å². The van der Waals surface area contributed by atoms with Crippen molar-refractivity contribution >= 4 is 5.91 Å². The van der Waals surface area contributed by atoms with Crippen molar-refractivity contribution in [2.24, 2.45) is 5.73 Å². The number of nitrogens with one attached hydrogen (secondary N) is 1. The van der Waals surface area contributed by atoms with Crippen LogP contribution in [0, 0.1) is 0 Å². The summed E-state index contributed by atoms with van der Waals surface area (Å²) in [6.45, 7) is 2.49. The van der Waals surface area contributed by atoms with Crippen molar-refractivity contribution in [2.45, 2.75) is 26.1 Å². The molecule has 1 unspecified atom stereocenters. The fourth-order valence-corrected chi connectivity index (χ4v) is 1.73. The zero-order valence-electron chi connectivity index (χ0n) is 11.3. The van der Waals surface area contributed by atoms with E-state index in [-0.39, 0.29) is 5.91 Å². The molecular weight excluding hydrogens is 256 g/mol. The van der Waals surface area contributed by atoms with Crippen molar-refractivity contribution in [1.82, 2.24) is 5.32 Å². The van der Waals surface area contributed by atoms with E-state index in [1.54, 1.807) is 31.4 Å². The molecule has 5 nitrogen and oxygen atoms in total. The van der Waals surface area contributed by atoms with Crippen molar-refractivity contribution in [3.63, 3.8) is 0 Å². The zero-order valence-corrected chi connectivity index (χ0v) is 11.3. The summed E-state index contributed by atoms with van der Waals surface area (Å²) in [6, 6.07) is 11.0. The van der Waals surface area contributed by atoms with Gasteiger partial charge in [0.25, 0.3) is 5.91 Å². The molecule has 1 atom stereocenters. The minimum absolute atomic E-state index is 0.195. The third kappa shape index (κ3) is 3.86. The van der Waals surface area contributed by atoms with Crippen LogP contribution in [0.1, 0.15) is 18.2 Å². The predicted molar refractivity (Wildman–Crippen MR) is 75.0 cm³/mol. The lowest BCUT2D eigenvalue weighted by Crippen LogP contribution is -2.35. The lowest BCUT2D eigenvalue weighted by atomic mass is 10.2.